The molecule has 0 fully saturated rings. The minimum Gasteiger partial charge on any atom is -0.308 e. The number of hydrogen-bond acceptors (Lipinski definition) is 3. The van der Waals surface area contributed by atoms with Gasteiger partial charge in [0.05, 0.1) is 10.9 Å². The summed E-state index contributed by atoms with van der Waals surface area (Å²) in [6.45, 7) is 5.03. The highest BCUT2D eigenvalue weighted by molar-refractivity contribution is 5.85. The first-order valence-electron chi connectivity index (χ1n) is 6.82. The zero-order chi connectivity index (χ0) is 14.9. The molecule has 0 saturated heterocycles. The number of halogens is 1. The molecule has 5 nitrogen and oxygen atoms in total. The summed E-state index contributed by atoms with van der Waals surface area (Å²) in [4.78, 5) is 27.0. The highest BCUT2D eigenvalue weighted by atomic mass is 35.5. The van der Waals surface area contributed by atoms with E-state index in [-0.39, 0.29) is 29.7 Å². The molecule has 116 valence electrons. The van der Waals surface area contributed by atoms with Crippen molar-refractivity contribution in [3.63, 3.8) is 0 Å². The van der Waals surface area contributed by atoms with E-state index in [1.807, 2.05) is 51.0 Å². The third-order valence-corrected chi connectivity index (χ3v) is 3.37. The Labute approximate surface area is 130 Å². The quantitative estimate of drug-likeness (QED) is 0.864. The number of rotatable bonds is 4. The highest BCUT2D eigenvalue weighted by Gasteiger charge is 2.14. The smallest absolute Gasteiger partial charge is 0.308 e. The Morgan fingerprint density at radius 3 is 2.33 bits per heavy atom. The predicted molar refractivity (Wildman–Crippen MR) is 88.7 cm³/mol. The molecule has 0 amide bonds. The molecule has 21 heavy (non-hydrogen) atoms. The van der Waals surface area contributed by atoms with Crippen molar-refractivity contribution in [2.45, 2.75) is 26.4 Å². The molecule has 1 aromatic carbocycles. The third kappa shape index (κ3) is 3.36. The van der Waals surface area contributed by atoms with Crippen LogP contribution >= 0.6 is 12.4 Å². The molecule has 0 N–H and O–H groups in total. The van der Waals surface area contributed by atoms with Gasteiger partial charge in [-0.25, -0.2) is 4.79 Å². The predicted octanol–water partition coefficient (Wildman–Crippen LogP) is 1.73. The molecule has 0 aliphatic heterocycles. The second kappa shape index (κ2) is 6.91. The molecule has 0 bridgehead atoms. The van der Waals surface area contributed by atoms with E-state index in [0.29, 0.717) is 17.4 Å². The van der Waals surface area contributed by atoms with Crippen molar-refractivity contribution in [3.05, 3.63) is 45.1 Å². The zero-order valence-electron chi connectivity index (χ0n) is 12.9. The van der Waals surface area contributed by atoms with Gasteiger partial charge in [-0.05, 0) is 40.1 Å². The van der Waals surface area contributed by atoms with Gasteiger partial charge in [0.25, 0.3) is 5.56 Å². The standard InChI is InChI=1S/C15H21N3O2.ClH/c1-11(2)18-14(19)12-7-5-6-8-13(12)17(15(18)20)10-9-16(3)4;/h5-8,11H,9-10H2,1-4H3;1H. The maximum Gasteiger partial charge on any atom is 0.331 e. The van der Waals surface area contributed by atoms with Crippen LogP contribution in [0.2, 0.25) is 0 Å². The molecular weight excluding hydrogens is 290 g/mol. The van der Waals surface area contributed by atoms with Crippen LogP contribution < -0.4 is 11.2 Å². The van der Waals surface area contributed by atoms with E-state index in [4.69, 9.17) is 0 Å². The van der Waals surface area contributed by atoms with Crippen molar-refractivity contribution in [1.82, 2.24) is 14.0 Å². The maximum absolute atomic E-state index is 12.6. The summed E-state index contributed by atoms with van der Waals surface area (Å²) in [6, 6.07) is 7.15. The Morgan fingerprint density at radius 2 is 1.76 bits per heavy atom. The average Bonchev–Trinajstić information content (AvgIpc) is 2.38. The fraction of sp³-hybridized carbons (Fsp3) is 0.467. The maximum atomic E-state index is 12.6. The lowest BCUT2D eigenvalue weighted by atomic mass is 10.2. The van der Waals surface area contributed by atoms with Crippen molar-refractivity contribution in [1.29, 1.82) is 0 Å². The van der Waals surface area contributed by atoms with Crippen LogP contribution in [0.1, 0.15) is 19.9 Å². The largest absolute Gasteiger partial charge is 0.331 e. The fourth-order valence-electron chi connectivity index (χ4n) is 2.31. The van der Waals surface area contributed by atoms with E-state index in [1.165, 1.54) is 4.57 Å². The summed E-state index contributed by atoms with van der Waals surface area (Å²) >= 11 is 0. The van der Waals surface area contributed by atoms with Crippen molar-refractivity contribution in [2.24, 2.45) is 0 Å². The molecule has 0 unspecified atom stereocenters. The van der Waals surface area contributed by atoms with Gasteiger partial charge in [-0.1, -0.05) is 12.1 Å². The topological polar surface area (TPSA) is 47.2 Å². The van der Waals surface area contributed by atoms with Gasteiger partial charge in [0.2, 0.25) is 0 Å². The molecule has 0 spiro atoms. The molecule has 2 aromatic rings. The molecular formula is C15H22ClN3O2. The Balaban J connectivity index is 0.00000220. The van der Waals surface area contributed by atoms with Crippen LogP contribution in [0.15, 0.2) is 33.9 Å². The van der Waals surface area contributed by atoms with E-state index in [2.05, 4.69) is 0 Å². The van der Waals surface area contributed by atoms with E-state index in [0.717, 1.165) is 6.54 Å². The van der Waals surface area contributed by atoms with Crippen molar-refractivity contribution in [3.8, 4) is 0 Å². The van der Waals surface area contributed by atoms with Gasteiger partial charge in [0.15, 0.2) is 0 Å². The summed E-state index contributed by atoms with van der Waals surface area (Å²) in [5.74, 6) is 0. The van der Waals surface area contributed by atoms with Crippen molar-refractivity contribution in [2.75, 3.05) is 20.6 Å². The van der Waals surface area contributed by atoms with Crippen LogP contribution in [-0.2, 0) is 6.54 Å². The van der Waals surface area contributed by atoms with Gasteiger partial charge in [-0.2, -0.15) is 0 Å². The molecule has 0 radical (unpaired) electrons. The van der Waals surface area contributed by atoms with Crippen LogP contribution in [0.5, 0.6) is 0 Å². The lowest BCUT2D eigenvalue weighted by Gasteiger charge is -2.17. The normalized spacial score (nSPS) is 11.1. The summed E-state index contributed by atoms with van der Waals surface area (Å²) in [6.07, 6.45) is 0. The van der Waals surface area contributed by atoms with Gasteiger partial charge in [-0.15, -0.1) is 12.4 Å². The van der Waals surface area contributed by atoms with Gasteiger partial charge in [-0.3, -0.25) is 13.9 Å². The first kappa shape index (κ1) is 17.5. The molecule has 0 saturated carbocycles. The number of hydrogen-bond donors (Lipinski definition) is 0. The van der Waals surface area contributed by atoms with Gasteiger partial charge < -0.3 is 4.90 Å². The Hall–Kier alpha value is -1.59. The van der Waals surface area contributed by atoms with Crippen LogP contribution in [0, 0.1) is 0 Å². The third-order valence-electron chi connectivity index (χ3n) is 3.37. The van der Waals surface area contributed by atoms with E-state index < -0.39 is 0 Å². The molecule has 1 heterocycles. The van der Waals surface area contributed by atoms with Crippen LogP contribution in [0.4, 0.5) is 0 Å². The molecule has 0 aliphatic carbocycles. The van der Waals surface area contributed by atoms with Crippen LogP contribution in [0.25, 0.3) is 10.9 Å². The van der Waals surface area contributed by atoms with Gasteiger partial charge in [0, 0.05) is 19.1 Å². The molecule has 6 heteroatoms. The molecule has 1 aromatic heterocycles. The monoisotopic (exact) mass is 311 g/mol. The lowest BCUT2D eigenvalue weighted by Crippen LogP contribution is -2.42. The second-order valence-electron chi connectivity index (χ2n) is 5.52. The molecule has 0 atom stereocenters. The summed E-state index contributed by atoms with van der Waals surface area (Å²) in [7, 11) is 3.93. The molecule has 2 rings (SSSR count). The number of benzene rings is 1. The SMILES string of the molecule is CC(C)n1c(=O)c2ccccc2n(CCN(C)C)c1=O.Cl. The van der Waals surface area contributed by atoms with Crippen molar-refractivity contribution < 1.29 is 0 Å². The Kier molecular flexibility index (Phi) is 5.75. The minimum atomic E-state index is -0.231. The number of aromatic nitrogens is 2. The van der Waals surface area contributed by atoms with Crippen LogP contribution in [-0.4, -0.2) is 34.7 Å². The first-order chi connectivity index (χ1) is 9.43. The number of fused-ring (bicyclic) bond motifs is 1. The fourth-order valence-corrected chi connectivity index (χ4v) is 2.31. The second-order valence-corrected chi connectivity index (χ2v) is 5.52. The molecule has 0 aliphatic rings. The number of para-hydroxylation sites is 1. The Morgan fingerprint density at radius 1 is 1.14 bits per heavy atom. The lowest BCUT2D eigenvalue weighted by molar-refractivity contribution is 0.377. The van der Waals surface area contributed by atoms with E-state index in [1.54, 1.807) is 10.6 Å². The van der Waals surface area contributed by atoms with Gasteiger partial charge >= 0.3 is 5.69 Å². The number of nitrogens with zero attached hydrogens (tertiary/aromatic N) is 3. The average molecular weight is 312 g/mol. The van der Waals surface area contributed by atoms with E-state index in [9.17, 15) is 9.59 Å². The number of likely N-dealkylation sites (N-methyl/N-ethyl adjacent to an activating group) is 1. The summed E-state index contributed by atoms with van der Waals surface area (Å²) < 4.78 is 3.02. The first-order valence-corrected chi connectivity index (χ1v) is 6.82. The van der Waals surface area contributed by atoms with Crippen LogP contribution in [0.3, 0.4) is 0 Å². The van der Waals surface area contributed by atoms with Gasteiger partial charge in [0.1, 0.15) is 0 Å². The Bertz CT molecular complexity index is 732. The zero-order valence-corrected chi connectivity index (χ0v) is 13.7. The van der Waals surface area contributed by atoms with E-state index >= 15 is 0 Å². The summed E-state index contributed by atoms with van der Waals surface area (Å²) in [5.41, 5.74) is 0.272. The minimum absolute atomic E-state index is 0. The highest BCUT2D eigenvalue weighted by Crippen LogP contribution is 2.09. The van der Waals surface area contributed by atoms with Crippen molar-refractivity contribution >= 4 is 23.3 Å². The summed E-state index contributed by atoms with van der Waals surface area (Å²) in [5, 5.41) is 0.597.